The Morgan fingerprint density at radius 1 is 1.64 bits per heavy atom. The van der Waals surface area contributed by atoms with Crippen molar-refractivity contribution in [2.24, 2.45) is 0 Å². The van der Waals surface area contributed by atoms with Crippen molar-refractivity contribution in [3.05, 3.63) is 0 Å². The summed E-state index contributed by atoms with van der Waals surface area (Å²) in [6.07, 6.45) is 6.40. The molecule has 1 aliphatic heterocycles. The van der Waals surface area contributed by atoms with Crippen LogP contribution in [0.1, 0.15) is 13.3 Å². The topological polar surface area (TPSA) is 24.5 Å². The molecule has 1 heterocycles. The number of rotatable bonds is 5. The van der Waals surface area contributed by atoms with Crippen molar-refractivity contribution < 1.29 is 4.74 Å². The van der Waals surface area contributed by atoms with Gasteiger partial charge in [0.2, 0.25) is 0 Å². The standard InChI is InChI=1S/C11H20N2O/c1-3-7-13(4-2)8-5-11-10-14-9-6-12-11/h1,11-12H,4-10H2,2H3. The summed E-state index contributed by atoms with van der Waals surface area (Å²) in [5.41, 5.74) is 0. The van der Waals surface area contributed by atoms with Crippen LogP contribution in [0.25, 0.3) is 0 Å². The highest BCUT2D eigenvalue weighted by Gasteiger charge is 2.13. The fourth-order valence-electron chi connectivity index (χ4n) is 1.62. The number of hydrogen-bond acceptors (Lipinski definition) is 3. The Kier molecular flexibility index (Phi) is 5.62. The van der Waals surface area contributed by atoms with E-state index in [4.69, 9.17) is 11.2 Å². The molecule has 3 nitrogen and oxygen atoms in total. The van der Waals surface area contributed by atoms with Gasteiger partial charge in [0, 0.05) is 19.1 Å². The van der Waals surface area contributed by atoms with E-state index in [1.165, 1.54) is 0 Å². The molecule has 1 aliphatic rings. The highest BCUT2D eigenvalue weighted by Crippen LogP contribution is 2.00. The van der Waals surface area contributed by atoms with Gasteiger partial charge in [-0.15, -0.1) is 6.42 Å². The Morgan fingerprint density at radius 2 is 2.50 bits per heavy atom. The van der Waals surface area contributed by atoms with Crippen molar-refractivity contribution in [1.82, 2.24) is 10.2 Å². The molecular formula is C11H20N2O. The predicted molar refractivity (Wildman–Crippen MR) is 58.2 cm³/mol. The number of ether oxygens (including phenoxy) is 1. The van der Waals surface area contributed by atoms with Crippen LogP contribution in [0.2, 0.25) is 0 Å². The van der Waals surface area contributed by atoms with E-state index in [2.05, 4.69) is 23.1 Å². The van der Waals surface area contributed by atoms with Crippen molar-refractivity contribution in [2.45, 2.75) is 19.4 Å². The summed E-state index contributed by atoms with van der Waals surface area (Å²) >= 11 is 0. The van der Waals surface area contributed by atoms with Crippen LogP contribution in [-0.4, -0.2) is 50.3 Å². The molecule has 1 saturated heterocycles. The molecule has 80 valence electrons. The lowest BCUT2D eigenvalue weighted by atomic mass is 10.2. The van der Waals surface area contributed by atoms with E-state index in [-0.39, 0.29) is 0 Å². The smallest absolute Gasteiger partial charge is 0.0620 e. The molecule has 0 bridgehead atoms. The Labute approximate surface area is 86.8 Å². The lowest BCUT2D eigenvalue weighted by Crippen LogP contribution is -2.43. The van der Waals surface area contributed by atoms with Gasteiger partial charge in [-0.2, -0.15) is 0 Å². The molecular weight excluding hydrogens is 176 g/mol. The van der Waals surface area contributed by atoms with Gasteiger partial charge < -0.3 is 10.1 Å². The first-order chi connectivity index (χ1) is 6.86. The lowest BCUT2D eigenvalue weighted by Gasteiger charge is -2.26. The number of hydrogen-bond donors (Lipinski definition) is 1. The van der Waals surface area contributed by atoms with Crippen molar-refractivity contribution >= 4 is 0 Å². The molecule has 0 aromatic rings. The quantitative estimate of drug-likeness (QED) is 0.641. The fourth-order valence-corrected chi connectivity index (χ4v) is 1.62. The molecule has 3 heteroatoms. The summed E-state index contributed by atoms with van der Waals surface area (Å²) in [5, 5.41) is 3.44. The van der Waals surface area contributed by atoms with Gasteiger partial charge in [0.05, 0.1) is 19.8 Å². The number of nitrogens with one attached hydrogen (secondary N) is 1. The van der Waals surface area contributed by atoms with Gasteiger partial charge in [0.1, 0.15) is 0 Å². The first-order valence-corrected chi connectivity index (χ1v) is 5.33. The van der Waals surface area contributed by atoms with Gasteiger partial charge in [-0.3, -0.25) is 4.90 Å². The van der Waals surface area contributed by atoms with Gasteiger partial charge in [0.15, 0.2) is 0 Å². The van der Waals surface area contributed by atoms with Crippen LogP contribution in [-0.2, 0) is 4.74 Å². The first kappa shape index (κ1) is 11.5. The van der Waals surface area contributed by atoms with Crippen molar-refractivity contribution in [3.63, 3.8) is 0 Å². The Balaban J connectivity index is 2.14. The van der Waals surface area contributed by atoms with E-state index < -0.39 is 0 Å². The van der Waals surface area contributed by atoms with Gasteiger partial charge in [-0.05, 0) is 13.0 Å². The number of nitrogens with zero attached hydrogens (tertiary/aromatic N) is 1. The maximum Gasteiger partial charge on any atom is 0.0620 e. The molecule has 1 N–H and O–H groups in total. The maximum absolute atomic E-state index is 5.39. The van der Waals surface area contributed by atoms with Crippen LogP contribution >= 0.6 is 0 Å². The third-order valence-corrected chi connectivity index (χ3v) is 2.55. The average molecular weight is 196 g/mol. The zero-order valence-corrected chi connectivity index (χ0v) is 8.96. The average Bonchev–Trinajstić information content (AvgIpc) is 2.25. The van der Waals surface area contributed by atoms with Crippen LogP contribution in [0.5, 0.6) is 0 Å². The first-order valence-electron chi connectivity index (χ1n) is 5.33. The normalized spacial score (nSPS) is 22.2. The van der Waals surface area contributed by atoms with Crippen LogP contribution < -0.4 is 5.32 Å². The number of morpholine rings is 1. The zero-order valence-electron chi connectivity index (χ0n) is 8.96. The summed E-state index contributed by atoms with van der Waals surface area (Å²) < 4.78 is 5.39. The molecule has 0 saturated carbocycles. The fraction of sp³-hybridized carbons (Fsp3) is 0.818. The molecule has 0 aliphatic carbocycles. The van der Waals surface area contributed by atoms with Gasteiger partial charge in [-0.25, -0.2) is 0 Å². The van der Waals surface area contributed by atoms with Gasteiger partial charge in [0.25, 0.3) is 0 Å². The van der Waals surface area contributed by atoms with Crippen LogP contribution in [0.4, 0.5) is 0 Å². The molecule has 0 aromatic heterocycles. The van der Waals surface area contributed by atoms with E-state index in [9.17, 15) is 0 Å². The predicted octanol–water partition coefficient (Wildman–Crippen LogP) is 0.320. The summed E-state index contributed by atoms with van der Waals surface area (Å²) in [6.45, 7) is 7.64. The Bertz CT molecular complexity index is 182. The number of terminal acetylenes is 1. The highest BCUT2D eigenvalue weighted by atomic mass is 16.5. The largest absolute Gasteiger partial charge is 0.379 e. The van der Waals surface area contributed by atoms with Gasteiger partial charge in [-0.1, -0.05) is 12.8 Å². The lowest BCUT2D eigenvalue weighted by molar-refractivity contribution is 0.0707. The van der Waals surface area contributed by atoms with Crippen molar-refractivity contribution in [1.29, 1.82) is 0 Å². The minimum atomic E-state index is 0.510. The molecule has 0 amide bonds. The van der Waals surface area contributed by atoms with Crippen molar-refractivity contribution in [3.8, 4) is 12.3 Å². The van der Waals surface area contributed by atoms with Crippen LogP contribution in [0.15, 0.2) is 0 Å². The maximum atomic E-state index is 5.39. The van der Waals surface area contributed by atoms with E-state index in [1.807, 2.05) is 0 Å². The summed E-state index contributed by atoms with van der Waals surface area (Å²) in [5.74, 6) is 2.68. The second-order valence-corrected chi connectivity index (χ2v) is 3.59. The van der Waals surface area contributed by atoms with E-state index in [0.717, 1.165) is 45.8 Å². The van der Waals surface area contributed by atoms with Crippen molar-refractivity contribution in [2.75, 3.05) is 39.4 Å². The molecule has 0 radical (unpaired) electrons. The second-order valence-electron chi connectivity index (χ2n) is 3.59. The van der Waals surface area contributed by atoms with E-state index >= 15 is 0 Å². The molecule has 1 unspecified atom stereocenters. The highest BCUT2D eigenvalue weighted by molar-refractivity contribution is 4.88. The molecule has 1 atom stereocenters. The van der Waals surface area contributed by atoms with E-state index in [1.54, 1.807) is 0 Å². The third kappa shape index (κ3) is 4.10. The minimum absolute atomic E-state index is 0.510. The molecule has 14 heavy (non-hydrogen) atoms. The van der Waals surface area contributed by atoms with Crippen LogP contribution in [0, 0.1) is 12.3 Å². The monoisotopic (exact) mass is 196 g/mol. The van der Waals surface area contributed by atoms with Crippen LogP contribution in [0.3, 0.4) is 0 Å². The molecule has 0 aromatic carbocycles. The Morgan fingerprint density at radius 3 is 3.07 bits per heavy atom. The molecule has 1 rings (SSSR count). The molecule has 1 fully saturated rings. The zero-order chi connectivity index (χ0) is 10.2. The van der Waals surface area contributed by atoms with E-state index in [0.29, 0.717) is 6.04 Å². The summed E-state index contributed by atoms with van der Waals surface area (Å²) in [6, 6.07) is 0.510. The Hall–Kier alpha value is -0.560. The summed E-state index contributed by atoms with van der Waals surface area (Å²) in [4.78, 5) is 2.27. The SMILES string of the molecule is C#CCN(CC)CCC1COCCN1. The summed E-state index contributed by atoms with van der Waals surface area (Å²) in [7, 11) is 0. The molecule has 0 spiro atoms. The third-order valence-electron chi connectivity index (χ3n) is 2.55. The van der Waals surface area contributed by atoms with Gasteiger partial charge >= 0.3 is 0 Å². The second kappa shape index (κ2) is 6.83. The minimum Gasteiger partial charge on any atom is -0.379 e.